The number of para-hydroxylation sites is 1. The van der Waals surface area contributed by atoms with E-state index in [9.17, 15) is 18.0 Å². The number of aliphatic imine (C=N–C) groups is 1. The van der Waals surface area contributed by atoms with E-state index < -0.39 is 28.4 Å². The Kier molecular flexibility index (Phi) is 4.89. The maximum Gasteiger partial charge on any atom is 0.308 e. The number of amidine groups is 1. The van der Waals surface area contributed by atoms with Gasteiger partial charge in [0.15, 0.2) is 12.4 Å². The summed E-state index contributed by atoms with van der Waals surface area (Å²) in [5.41, 5.74) is 1.04. The van der Waals surface area contributed by atoms with Gasteiger partial charge in [-0.15, -0.1) is 0 Å². The molecule has 8 nitrogen and oxygen atoms in total. The van der Waals surface area contributed by atoms with Gasteiger partial charge < -0.3 is 9.15 Å². The van der Waals surface area contributed by atoms with Gasteiger partial charge in [-0.1, -0.05) is 30.3 Å². The van der Waals surface area contributed by atoms with Gasteiger partial charge in [0.05, 0.1) is 17.9 Å². The lowest BCUT2D eigenvalue weighted by Gasteiger charge is -2.02. The average Bonchev–Trinajstić information content (AvgIpc) is 3.25. The molecule has 9 heteroatoms. The summed E-state index contributed by atoms with van der Waals surface area (Å²) < 4.78 is 36.8. The molecule has 0 spiro atoms. The molecule has 0 saturated heterocycles. The van der Waals surface area contributed by atoms with Crippen LogP contribution in [0.25, 0.3) is 11.0 Å². The number of nitrogens with one attached hydrogen (secondary N) is 1. The van der Waals surface area contributed by atoms with Crippen LogP contribution < -0.4 is 4.72 Å². The van der Waals surface area contributed by atoms with Crippen LogP contribution >= 0.6 is 0 Å². The molecule has 0 saturated carbocycles. The second-order valence-corrected chi connectivity index (χ2v) is 7.97. The van der Waals surface area contributed by atoms with E-state index >= 15 is 0 Å². The summed E-state index contributed by atoms with van der Waals surface area (Å²) in [5, 5.41) is 0.789. The predicted molar refractivity (Wildman–Crippen MR) is 104 cm³/mol. The zero-order valence-electron chi connectivity index (χ0n) is 15.1. The van der Waals surface area contributed by atoms with Gasteiger partial charge in [-0.3, -0.25) is 19.3 Å². The molecule has 1 aliphatic heterocycles. The number of nitrogens with zero attached hydrogens (tertiary/aromatic N) is 1. The van der Waals surface area contributed by atoms with Crippen molar-refractivity contribution in [1.82, 2.24) is 4.72 Å². The molecule has 0 radical (unpaired) electrons. The lowest BCUT2D eigenvalue weighted by atomic mass is 10.2. The summed E-state index contributed by atoms with van der Waals surface area (Å²) in [6, 6.07) is 15.2. The normalized spacial score (nSPS) is 15.8. The Morgan fingerprint density at radius 1 is 1.07 bits per heavy atom. The number of hydrogen-bond acceptors (Lipinski definition) is 7. The van der Waals surface area contributed by atoms with Crippen molar-refractivity contribution in [3.63, 3.8) is 0 Å². The molecular weight excluding hydrogens is 396 g/mol. The van der Waals surface area contributed by atoms with Crippen molar-refractivity contribution < 1.29 is 27.2 Å². The van der Waals surface area contributed by atoms with Gasteiger partial charge in [0, 0.05) is 10.9 Å². The van der Waals surface area contributed by atoms with Crippen LogP contribution in [0.4, 0.5) is 0 Å². The van der Waals surface area contributed by atoms with Gasteiger partial charge in [-0.25, -0.2) is 8.42 Å². The minimum atomic E-state index is -3.62. The van der Waals surface area contributed by atoms with Gasteiger partial charge in [0.2, 0.25) is 5.78 Å². The largest absolute Gasteiger partial charge is 0.457 e. The zero-order valence-corrected chi connectivity index (χ0v) is 15.9. The lowest BCUT2D eigenvalue weighted by molar-refractivity contribution is -0.142. The van der Waals surface area contributed by atoms with Gasteiger partial charge >= 0.3 is 5.97 Å². The number of hydrogen-bond donors (Lipinski definition) is 1. The Morgan fingerprint density at radius 3 is 2.66 bits per heavy atom. The number of sulfonamides is 1. The van der Waals surface area contributed by atoms with Gasteiger partial charge in [-0.05, 0) is 24.3 Å². The number of Topliss-reactive ketones (excluding diaryl/α,β-unsaturated/α-hetero) is 1. The Hall–Kier alpha value is -3.46. The Bertz CT molecular complexity index is 1210. The van der Waals surface area contributed by atoms with Gasteiger partial charge in [0.25, 0.3) is 10.0 Å². The number of rotatable bonds is 6. The highest BCUT2D eigenvalue weighted by molar-refractivity contribution is 7.90. The molecule has 1 N–H and O–H groups in total. The molecule has 29 heavy (non-hydrogen) atoms. The lowest BCUT2D eigenvalue weighted by Crippen LogP contribution is -2.22. The first kappa shape index (κ1) is 18.9. The number of furan rings is 1. The molecule has 2 aromatic carbocycles. The standard InChI is InChI=1S/C20H16N2O6S/c23-15(17-11-13-5-1-3-7-16(13)28-17)12-27-19(24)9-10-21-20-14-6-2-4-8-18(14)29(25,26)22-20/h1-8,11H,9-10,12H2,(H,21,22). The van der Waals surface area contributed by atoms with Crippen molar-refractivity contribution in [3.8, 4) is 0 Å². The third-order valence-corrected chi connectivity index (χ3v) is 5.71. The highest BCUT2D eigenvalue weighted by atomic mass is 32.2. The van der Waals surface area contributed by atoms with E-state index in [0.717, 1.165) is 5.39 Å². The van der Waals surface area contributed by atoms with E-state index in [4.69, 9.17) is 9.15 Å². The van der Waals surface area contributed by atoms with Crippen molar-refractivity contribution in [3.05, 3.63) is 65.9 Å². The first-order valence-electron chi connectivity index (χ1n) is 8.78. The monoisotopic (exact) mass is 412 g/mol. The third kappa shape index (κ3) is 3.90. The summed E-state index contributed by atoms with van der Waals surface area (Å²) in [4.78, 5) is 28.3. The van der Waals surface area contributed by atoms with Gasteiger partial charge in [0.1, 0.15) is 11.4 Å². The van der Waals surface area contributed by atoms with Crippen LogP contribution in [0.15, 0.2) is 68.9 Å². The van der Waals surface area contributed by atoms with E-state index in [-0.39, 0.29) is 29.5 Å². The van der Waals surface area contributed by atoms with Crippen molar-refractivity contribution in [2.75, 3.05) is 13.2 Å². The topological polar surface area (TPSA) is 115 Å². The van der Waals surface area contributed by atoms with E-state index in [2.05, 4.69) is 9.71 Å². The van der Waals surface area contributed by atoms with Gasteiger partial charge in [-0.2, -0.15) is 0 Å². The summed E-state index contributed by atoms with van der Waals surface area (Å²) in [5.74, 6) is -0.755. The molecule has 148 valence electrons. The fourth-order valence-electron chi connectivity index (χ4n) is 2.92. The van der Waals surface area contributed by atoms with E-state index in [0.29, 0.717) is 11.1 Å². The van der Waals surface area contributed by atoms with Crippen LogP contribution in [0.1, 0.15) is 22.5 Å². The Morgan fingerprint density at radius 2 is 1.83 bits per heavy atom. The number of carbonyl (C=O) groups excluding carboxylic acids is 2. The Balaban J connectivity index is 1.32. The van der Waals surface area contributed by atoms with Crippen molar-refractivity contribution in [2.24, 2.45) is 4.99 Å². The molecule has 4 rings (SSSR count). The molecule has 0 aliphatic carbocycles. The predicted octanol–water partition coefficient (Wildman–Crippen LogP) is 2.29. The minimum absolute atomic E-state index is 0.0177. The molecule has 2 heterocycles. The summed E-state index contributed by atoms with van der Waals surface area (Å²) >= 11 is 0. The zero-order chi connectivity index (χ0) is 20.4. The first-order chi connectivity index (χ1) is 13.9. The maximum atomic E-state index is 12.1. The van der Waals surface area contributed by atoms with E-state index in [1.807, 2.05) is 12.1 Å². The summed E-state index contributed by atoms with van der Waals surface area (Å²) in [6.07, 6.45) is -0.0964. The minimum Gasteiger partial charge on any atom is -0.457 e. The second kappa shape index (κ2) is 7.51. The first-order valence-corrected chi connectivity index (χ1v) is 10.3. The van der Waals surface area contributed by atoms with Crippen LogP contribution in [0.2, 0.25) is 0 Å². The van der Waals surface area contributed by atoms with Crippen molar-refractivity contribution in [1.29, 1.82) is 0 Å². The Labute approximate surface area is 166 Å². The van der Waals surface area contributed by atoms with Crippen LogP contribution in [-0.2, 0) is 19.6 Å². The highest BCUT2D eigenvalue weighted by Crippen LogP contribution is 2.22. The molecule has 0 fully saturated rings. The van der Waals surface area contributed by atoms with Crippen LogP contribution in [0.5, 0.6) is 0 Å². The maximum absolute atomic E-state index is 12.1. The average molecular weight is 412 g/mol. The van der Waals surface area contributed by atoms with Crippen molar-refractivity contribution in [2.45, 2.75) is 11.3 Å². The van der Waals surface area contributed by atoms with E-state index in [1.165, 1.54) is 6.07 Å². The number of ketones is 1. The fourth-order valence-corrected chi connectivity index (χ4v) is 4.17. The molecule has 0 atom stereocenters. The van der Waals surface area contributed by atoms with Crippen molar-refractivity contribution >= 4 is 38.6 Å². The quantitative estimate of drug-likeness (QED) is 0.491. The number of ether oxygens (including phenoxy) is 1. The summed E-state index contributed by atoms with van der Waals surface area (Å²) in [7, 11) is -3.62. The molecule has 1 aromatic heterocycles. The smallest absolute Gasteiger partial charge is 0.308 e. The highest BCUT2D eigenvalue weighted by Gasteiger charge is 2.30. The molecule has 0 bridgehead atoms. The fraction of sp³-hybridized carbons (Fsp3) is 0.150. The van der Waals surface area contributed by atoms with Crippen LogP contribution in [0.3, 0.4) is 0 Å². The molecule has 1 aliphatic rings. The van der Waals surface area contributed by atoms with Crippen LogP contribution in [0, 0.1) is 0 Å². The number of fused-ring (bicyclic) bond motifs is 2. The SMILES string of the molecule is O=C(CCN=C1NS(=O)(=O)c2ccccc21)OCC(=O)c1cc2ccccc2o1. The molecule has 0 amide bonds. The van der Waals surface area contributed by atoms with E-state index in [1.54, 1.807) is 36.4 Å². The number of carbonyl (C=O) groups is 2. The number of benzene rings is 2. The number of esters is 1. The second-order valence-electron chi connectivity index (χ2n) is 6.31. The summed E-state index contributed by atoms with van der Waals surface area (Å²) in [6.45, 7) is -0.422. The molecule has 3 aromatic rings. The molecular formula is C20H16N2O6S. The third-order valence-electron chi connectivity index (χ3n) is 4.31. The van der Waals surface area contributed by atoms with Crippen LogP contribution in [-0.4, -0.2) is 39.2 Å². The molecule has 0 unspecified atom stereocenters.